The summed E-state index contributed by atoms with van der Waals surface area (Å²) in [5.41, 5.74) is 7.53. The maximum atomic E-state index is 12.2. The van der Waals surface area contributed by atoms with E-state index in [4.69, 9.17) is 22.1 Å². The Bertz CT molecular complexity index is 658. The third kappa shape index (κ3) is 3.67. The molecule has 0 heterocycles. The zero-order chi connectivity index (χ0) is 15.4. The Morgan fingerprint density at radius 1 is 1.29 bits per heavy atom. The van der Waals surface area contributed by atoms with E-state index in [2.05, 4.69) is 5.32 Å². The van der Waals surface area contributed by atoms with Gasteiger partial charge in [-0.25, -0.2) is 0 Å². The Morgan fingerprint density at radius 2 is 2.05 bits per heavy atom. The van der Waals surface area contributed by atoms with Crippen LogP contribution in [0, 0.1) is 0 Å². The van der Waals surface area contributed by atoms with Gasteiger partial charge in [0.1, 0.15) is 5.75 Å². The van der Waals surface area contributed by atoms with Crippen LogP contribution in [0.1, 0.15) is 28.9 Å². The number of nitrogen functional groups attached to an aromatic ring is 1. The number of rotatable bonds is 4. The lowest BCUT2D eigenvalue weighted by molar-refractivity contribution is 0.0940. The molecule has 1 amide bonds. The first-order chi connectivity index (χ1) is 10.0. The molecule has 2 aromatic rings. The highest BCUT2D eigenvalue weighted by Crippen LogP contribution is 2.21. The molecule has 0 aliphatic heterocycles. The van der Waals surface area contributed by atoms with Gasteiger partial charge in [-0.05, 0) is 42.8 Å². The van der Waals surface area contributed by atoms with Gasteiger partial charge in [0.05, 0.1) is 23.9 Å². The quantitative estimate of drug-likeness (QED) is 0.851. The Kier molecular flexibility index (Phi) is 4.70. The molecule has 0 bridgehead atoms. The van der Waals surface area contributed by atoms with Crippen LogP contribution in [0.2, 0.25) is 5.02 Å². The molecule has 0 fully saturated rings. The van der Waals surface area contributed by atoms with Crippen molar-refractivity contribution >= 4 is 23.2 Å². The maximum Gasteiger partial charge on any atom is 0.251 e. The smallest absolute Gasteiger partial charge is 0.251 e. The standard InChI is InChI=1S/C16H17ClN2O2/c1-10(11-4-3-5-13(8-11)21-2)19-16(20)12-6-7-15(18)14(17)9-12/h3-10H,18H2,1-2H3,(H,19,20)/t10-/m1/s1. The van der Waals surface area contributed by atoms with Crippen LogP contribution in [0.15, 0.2) is 42.5 Å². The van der Waals surface area contributed by atoms with Gasteiger partial charge in [0.25, 0.3) is 5.91 Å². The van der Waals surface area contributed by atoms with Crippen molar-refractivity contribution < 1.29 is 9.53 Å². The number of hydrogen-bond donors (Lipinski definition) is 2. The maximum absolute atomic E-state index is 12.2. The van der Waals surface area contributed by atoms with Crippen molar-refractivity contribution in [2.45, 2.75) is 13.0 Å². The number of halogens is 1. The molecule has 4 nitrogen and oxygen atoms in total. The average molecular weight is 305 g/mol. The van der Waals surface area contributed by atoms with Gasteiger partial charge < -0.3 is 15.8 Å². The summed E-state index contributed by atoms with van der Waals surface area (Å²) in [5, 5.41) is 3.29. The van der Waals surface area contributed by atoms with E-state index in [0.717, 1.165) is 11.3 Å². The van der Waals surface area contributed by atoms with E-state index >= 15 is 0 Å². The SMILES string of the molecule is COc1cccc([C@@H](C)NC(=O)c2ccc(N)c(Cl)c2)c1. The molecule has 0 aromatic heterocycles. The molecular formula is C16H17ClN2O2. The van der Waals surface area contributed by atoms with Crippen molar-refractivity contribution in [2.75, 3.05) is 12.8 Å². The number of benzene rings is 2. The summed E-state index contributed by atoms with van der Waals surface area (Å²) in [6.07, 6.45) is 0. The molecule has 0 saturated carbocycles. The molecule has 1 atom stereocenters. The van der Waals surface area contributed by atoms with Gasteiger partial charge in [0, 0.05) is 5.56 Å². The van der Waals surface area contributed by atoms with Crippen LogP contribution in [-0.4, -0.2) is 13.0 Å². The second kappa shape index (κ2) is 6.50. The molecule has 0 radical (unpaired) electrons. The molecule has 3 N–H and O–H groups in total. The number of carbonyl (C=O) groups excluding carboxylic acids is 1. The number of carbonyl (C=O) groups is 1. The fourth-order valence-corrected chi connectivity index (χ4v) is 2.12. The number of nitrogens with one attached hydrogen (secondary N) is 1. The van der Waals surface area contributed by atoms with Crippen LogP contribution in [0.5, 0.6) is 5.75 Å². The molecule has 2 rings (SSSR count). The summed E-state index contributed by atoms with van der Waals surface area (Å²) in [6.45, 7) is 1.91. The summed E-state index contributed by atoms with van der Waals surface area (Å²) in [5.74, 6) is 0.552. The molecule has 2 aromatic carbocycles. The minimum atomic E-state index is -0.202. The zero-order valence-corrected chi connectivity index (χ0v) is 12.6. The highest BCUT2D eigenvalue weighted by atomic mass is 35.5. The third-order valence-corrected chi connectivity index (χ3v) is 3.53. The Morgan fingerprint density at radius 3 is 2.71 bits per heavy atom. The number of ether oxygens (including phenoxy) is 1. The van der Waals surface area contributed by atoms with Crippen molar-refractivity contribution in [3.63, 3.8) is 0 Å². The van der Waals surface area contributed by atoms with Gasteiger partial charge in [-0.1, -0.05) is 23.7 Å². The van der Waals surface area contributed by atoms with Gasteiger partial charge in [-0.3, -0.25) is 4.79 Å². The van der Waals surface area contributed by atoms with E-state index in [-0.39, 0.29) is 11.9 Å². The lowest BCUT2D eigenvalue weighted by Gasteiger charge is -2.15. The molecule has 21 heavy (non-hydrogen) atoms. The van der Waals surface area contributed by atoms with Crippen LogP contribution in [0.4, 0.5) is 5.69 Å². The second-order valence-corrected chi connectivity index (χ2v) is 5.12. The molecule has 0 unspecified atom stereocenters. The Balaban J connectivity index is 2.12. The molecule has 5 heteroatoms. The van der Waals surface area contributed by atoms with E-state index in [1.165, 1.54) is 0 Å². The van der Waals surface area contributed by atoms with Crippen molar-refractivity contribution in [1.29, 1.82) is 0 Å². The molecule has 0 aliphatic rings. The molecule has 0 spiro atoms. The molecule has 0 aliphatic carbocycles. The summed E-state index contributed by atoms with van der Waals surface area (Å²) >= 11 is 5.93. The topological polar surface area (TPSA) is 64.3 Å². The minimum absolute atomic E-state index is 0.149. The van der Waals surface area contributed by atoms with E-state index in [0.29, 0.717) is 16.3 Å². The average Bonchev–Trinajstić information content (AvgIpc) is 2.49. The van der Waals surface area contributed by atoms with Crippen LogP contribution >= 0.6 is 11.6 Å². The number of anilines is 1. The Labute approximate surface area is 128 Å². The normalized spacial score (nSPS) is 11.8. The lowest BCUT2D eigenvalue weighted by Crippen LogP contribution is -2.26. The van der Waals surface area contributed by atoms with E-state index in [1.807, 2.05) is 31.2 Å². The van der Waals surface area contributed by atoms with Gasteiger partial charge in [0.2, 0.25) is 0 Å². The zero-order valence-electron chi connectivity index (χ0n) is 11.9. The van der Waals surface area contributed by atoms with E-state index in [9.17, 15) is 4.79 Å². The largest absolute Gasteiger partial charge is 0.497 e. The highest BCUT2D eigenvalue weighted by molar-refractivity contribution is 6.33. The van der Waals surface area contributed by atoms with Gasteiger partial charge in [0.15, 0.2) is 0 Å². The highest BCUT2D eigenvalue weighted by Gasteiger charge is 2.13. The fraction of sp³-hybridized carbons (Fsp3) is 0.188. The summed E-state index contributed by atoms with van der Waals surface area (Å²) in [4.78, 5) is 12.2. The molecular weight excluding hydrogens is 288 g/mol. The van der Waals surface area contributed by atoms with Crippen molar-refractivity contribution in [1.82, 2.24) is 5.32 Å². The Hall–Kier alpha value is -2.20. The van der Waals surface area contributed by atoms with Crippen molar-refractivity contribution in [3.05, 3.63) is 58.6 Å². The van der Waals surface area contributed by atoms with Crippen molar-refractivity contribution in [2.24, 2.45) is 0 Å². The third-order valence-electron chi connectivity index (χ3n) is 3.20. The predicted octanol–water partition coefficient (Wildman–Crippen LogP) is 3.42. The summed E-state index contributed by atoms with van der Waals surface area (Å²) in [7, 11) is 1.61. The first-order valence-corrected chi connectivity index (χ1v) is 6.89. The number of nitrogens with two attached hydrogens (primary N) is 1. The number of amides is 1. The first kappa shape index (κ1) is 15.2. The van der Waals surface area contributed by atoms with Crippen LogP contribution in [-0.2, 0) is 0 Å². The monoisotopic (exact) mass is 304 g/mol. The van der Waals surface area contributed by atoms with Crippen LogP contribution < -0.4 is 15.8 Å². The van der Waals surface area contributed by atoms with Gasteiger partial charge in [-0.15, -0.1) is 0 Å². The van der Waals surface area contributed by atoms with Crippen LogP contribution in [0.25, 0.3) is 0 Å². The summed E-state index contributed by atoms with van der Waals surface area (Å²) in [6, 6.07) is 12.2. The minimum Gasteiger partial charge on any atom is -0.497 e. The number of methoxy groups -OCH3 is 1. The van der Waals surface area contributed by atoms with E-state index in [1.54, 1.807) is 25.3 Å². The van der Waals surface area contributed by atoms with Crippen LogP contribution in [0.3, 0.4) is 0 Å². The van der Waals surface area contributed by atoms with Crippen molar-refractivity contribution in [3.8, 4) is 5.75 Å². The summed E-state index contributed by atoms with van der Waals surface area (Å²) < 4.78 is 5.18. The molecule has 110 valence electrons. The van der Waals surface area contributed by atoms with Gasteiger partial charge >= 0.3 is 0 Å². The number of hydrogen-bond acceptors (Lipinski definition) is 3. The second-order valence-electron chi connectivity index (χ2n) is 4.71. The van der Waals surface area contributed by atoms with E-state index < -0.39 is 0 Å². The fourth-order valence-electron chi connectivity index (χ4n) is 1.94. The predicted molar refractivity (Wildman–Crippen MR) is 84.7 cm³/mol. The lowest BCUT2D eigenvalue weighted by atomic mass is 10.1. The molecule has 0 saturated heterocycles. The first-order valence-electron chi connectivity index (χ1n) is 6.51. The van der Waals surface area contributed by atoms with Gasteiger partial charge in [-0.2, -0.15) is 0 Å².